The van der Waals surface area contributed by atoms with Crippen molar-refractivity contribution in [2.45, 2.75) is 25.9 Å². The fourth-order valence-electron chi connectivity index (χ4n) is 4.18. The third kappa shape index (κ3) is 4.66. The predicted octanol–water partition coefficient (Wildman–Crippen LogP) is 3.51. The van der Waals surface area contributed by atoms with Gasteiger partial charge in [-0.15, -0.1) is 0 Å². The Labute approximate surface area is 202 Å². The zero-order valence-corrected chi connectivity index (χ0v) is 19.6. The van der Waals surface area contributed by atoms with Crippen molar-refractivity contribution in [3.8, 4) is 34.8 Å². The molecule has 4 aromatic rings. The van der Waals surface area contributed by atoms with Crippen LogP contribution < -0.4 is 19.1 Å². The summed E-state index contributed by atoms with van der Waals surface area (Å²) in [6.45, 7) is 4.09. The first-order valence-electron chi connectivity index (χ1n) is 11.5. The normalized spacial score (nSPS) is 14.0. The number of methoxy groups -OCH3 is 1. The van der Waals surface area contributed by atoms with Gasteiger partial charge in [-0.1, -0.05) is 0 Å². The minimum absolute atomic E-state index is 0.105. The van der Waals surface area contributed by atoms with Gasteiger partial charge in [0.1, 0.15) is 23.7 Å². The number of piperidine rings is 1. The average Bonchev–Trinajstić information content (AvgIpc) is 3.33. The second-order valence-electron chi connectivity index (χ2n) is 8.09. The van der Waals surface area contributed by atoms with Crippen LogP contribution in [0.3, 0.4) is 0 Å². The average molecular weight is 472 g/mol. The molecule has 178 valence electrons. The molecule has 0 bridgehead atoms. The SMILES string of the molecule is CCOc1cc(-c2ncc(N3CCC(Oc4ccc(OC)cn4)CC3)cn2)c2c(C#N)cnn2c1. The number of anilines is 1. The quantitative estimate of drug-likeness (QED) is 0.400. The highest BCUT2D eigenvalue weighted by molar-refractivity contribution is 5.82. The van der Waals surface area contributed by atoms with E-state index in [4.69, 9.17) is 14.2 Å². The van der Waals surface area contributed by atoms with E-state index in [0.29, 0.717) is 46.5 Å². The first-order chi connectivity index (χ1) is 17.2. The summed E-state index contributed by atoms with van der Waals surface area (Å²) in [5.74, 6) is 2.47. The van der Waals surface area contributed by atoms with Gasteiger partial charge in [-0.05, 0) is 19.1 Å². The van der Waals surface area contributed by atoms with Crippen LogP contribution in [0.2, 0.25) is 0 Å². The second kappa shape index (κ2) is 9.85. The zero-order chi connectivity index (χ0) is 24.2. The molecule has 1 saturated heterocycles. The van der Waals surface area contributed by atoms with E-state index in [1.54, 1.807) is 24.0 Å². The number of hydrogen-bond donors (Lipinski definition) is 0. The number of fused-ring (bicyclic) bond motifs is 1. The van der Waals surface area contributed by atoms with Crippen LogP contribution in [0.25, 0.3) is 16.9 Å². The lowest BCUT2D eigenvalue weighted by Crippen LogP contribution is -2.38. The van der Waals surface area contributed by atoms with Crippen molar-refractivity contribution in [2.75, 3.05) is 31.7 Å². The summed E-state index contributed by atoms with van der Waals surface area (Å²) in [5, 5.41) is 13.8. The molecule has 5 rings (SSSR count). The summed E-state index contributed by atoms with van der Waals surface area (Å²) >= 11 is 0. The summed E-state index contributed by atoms with van der Waals surface area (Å²) in [6, 6.07) is 7.72. The lowest BCUT2D eigenvalue weighted by atomic mass is 10.1. The van der Waals surface area contributed by atoms with Crippen LogP contribution in [0.4, 0.5) is 5.69 Å². The second-order valence-corrected chi connectivity index (χ2v) is 8.09. The smallest absolute Gasteiger partial charge is 0.213 e. The fourth-order valence-corrected chi connectivity index (χ4v) is 4.18. The Kier molecular flexibility index (Phi) is 6.30. The Balaban J connectivity index is 1.29. The highest BCUT2D eigenvalue weighted by Gasteiger charge is 2.22. The van der Waals surface area contributed by atoms with Crippen molar-refractivity contribution in [2.24, 2.45) is 0 Å². The van der Waals surface area contributed by atoms with Crippen molar-refractivity contribution >= 4 is 11.2 Å². The number of hydrogen-bond acceptors (Lipinski definition) is 9. The van der Waals surface area contributed by atoms with E-state index in [-0.39, 0.29) is 6.10 Å². The maximum atomic E-state index is 9.52. The van der Waals surface area contributed by atoms with Crippen LogP contribution in [0, 0.1) is 11.3 Å². The van der Waals surface area contributed by atoms with E-state index in [9.17, 15) is 5.26 Å². The van der Waals surface area contributed by atoms with E-state index in [1.165, 1.54) is 6.20 Å². The largest absolute Gasteiger partial charge is 0.495 e. The summed E-state index contributed by atoms with van der Waals surface area (Å²) in [7, 11) is 1.61. The molecule has 5 heterocycles. The molecule has 0 amide bonds. The molecule has 1 fully saturated rings. The molecule has 10 nitrogen and oxygen atoms in total. The van der Waals surface area contributed by atoms with Crippen LogP contribution in [0.1, 0.15) is 25.3 Å². The lowest BCUT2D eigenvalue weighted by Gasteiger charge is -2.33. The van der Waals surface area contributed by atoms with Gasteiger partial charge in [0.15, 0.2) is 5.82 Å². The summed E-state index contributed by atoms with van der Waals surface area (Å²) in [6.07, 6.45) is 10.4. The Morgan fingerprint density at radius 3 is 2.51 bits per heavy atom. The summed E-state index contributed by atoms with van der Waals surface area (Å²) < 4.78 is 18.5. The number of ether oxygens (including phenoxy) is 3. The highest BCUT2D eigenvalue weighted by atomic mass is 16.5. The number of aromatic nitrogens is 5. The molecule has 10 heteroatoms. The maximum Gasteiger partial charge on any atom is 0.213 e. The minimum atomic E-state index is 0.105. The van der Waals surface area contributed by atoms with Gasteiger partial charge in [-0.2, -0.15) is 10.4 Å². The Hall–Kier alpha value is -4.39. The van der Waals surface area contributed by atoms with Crippen molar-refractivity contribution in [3.05, 3.63) is 54.7 Å². The first kappa shape index (κ1) is 22.4. The molecule has 0 unspecified atom stereocenters. The van der Waals surface area contributed by atoms with Gasteiger partial charge in [-0.25, -0.2) is 19.5 Å². The van der Waals surface area contributed by atoms with Crippen molar-refractivity contribution in [1.29, 1.82) is 5.26 Å². The number of pyridine rings is 2. The van der Waals surface area contributed by atoms with Crippen molar-refractivity contribution < 1.29 is 14.2 Å². The Morgan fingerprint density at radius 2 is 1.86 bits per heavy atom. The maximum absolute atomic E-state index is 9.52. The standard InChI is InChI=1S/C25H25N7O3/c1-3-34-21-10-22(24-17(11-26)12-30-32(24)16-21)25-28-13-18(14-29-25)31-8-6-19(7-9-31)35-23-5-4-20(33-2)15-27-23/h4-5,10,12-16,19H,3,6-9H2,1-2H3. The fraction of sp³-hybridized carbons (Fsp3) is 0.320. The van der Waals surface area contributed by atoms with Gasteiger partial charge in [0.25, 0.3) is 0 Å². The van der Waals surface area contributed by atoms with Gasteiger partial charge in [0.05, 0.1) is 67.0 Å². The summed E-state index contributed by atoms with van der Waals surface area (Å²) in [4.78, 5) is 15.8. The summed E-state index contributed by atoms with van der Waals surface area (Å²) in [5.41, 5.74) is 2.77. The van der Waals surface area contributed by atoms with Crippen molar-refractivity contribution in [3.63, 3.8) is 0 Å². The monoisotopic (exact) mass is 471 g/mol. The topological polar surface area (TPSA) is 111 Å². The Morgan fingerprint density at radius 1 is 1.06 bits per heavy atom. The molecule has 1 aliphatic rings. The number of nitrogens with zero attached hydrogens (tertiary/aromatic N) is 7. The van der Waals surface area contributed by atoms with Crippen molar-refractivity contribution in [1.82, 2.24) is 24.6 Å². The van der Waals surface area contributed by atoms with Crippen LogP contribution in [0.15, 0.2) is 49.2 Å². The van der Waals surface area contributed by atoms with E-state index >= 15 is 0 Å². The van der Waals surface area contributed by atoms with Crippen LogP contribution in [-0.2, 0) is 0 Å². The Bertz CT molecular complexity index is 1340. The van der Waals surface area contributed by atoms with Gasteiger partial charge in [-0.3, -0.25) is 0 Å². The predicted molar refractivity (Wildman–Crippen MR) is 129 cm³/mol. The number of nitriles is 1. The molecule has 0 saturated carbocycles. The molecule has 0 spiro atoms. The molecule has 35 heavy (non-hydrogen) atoms. The van der Waals surface area contributed by atoms with E-state index in [1.807, 2.05) is 37.5 Å². The third-order valence-electron chi connectivity index (χ3n) is 5.94. The molecular weight excluding hydrogens is 446 g/mol. The van der Waals surface area contributed by atoms with Gasteiger partial charge >= 0.3 is 0 Å². The molecule has 0 N–H and O–H groups in total. The molecule has 0 radical (unpaired) electrons. The molecule has 0 aliphatic carbocycles. The molecular formula is C25H25N7O3. The van der Waals surface area contributed by atoms with Crippen LogP contribution in [-0.4, -0.2) is 57.5 Å². The number of rotatable bonds is 7. The van der Waals surface area contributed by atoms with Gasteiger partial charge < -0.3 is 19.1 Å². The molecule has 1 aliphatic heterocycles. The van der Waals surface area contributed by atoms with E-state index in [0.717, 1.165) is 31.6 Å². The zero-order valence-electron chi connectivity index (χ0n) is 19.6. The lowest BCUT2D eigenvalue weighted by molar-refractivity contribution is 0.163. The first-order valence-corrected chi connectivity index (χ1v) is 11.5. The molecule has 0 atom stereocenters. The third-order valence-corrected chi connectivity index (χ3v) is 5.94. The van der Waals surface area contributed by atoms with Crippen LogP contribution >= 0.6 is 0 Å². The molecule has 4 aromatic heterocycles. The van der Waals surface area contributed by atoms with Crippen LogP contribution in [0.5, 0.6) is 17.4 Å². The van der Waals surface area contributed by atoms with E-state index < -0.39 is 0 Å². The van der Waals surface area contributed by atoms with E-state index in [2.05, 4.69) is 31.0 Å². The van der Waals surface area contributed by atoms with Gasteiger partial charge in [0.2, 0.25) is 5.88 Å². The molecule has 0 aromatic carbocycles. The van der Waals surface area contributed by atoms with Gasteiger partial charge in [0, 0.05) is 32.0 Å². The minimum Gasteiger partial charge on any atom is -0.495 e. The highest BCUT2D eigenvalue weighted by Crippen LogP contribution is 2.30.